The number of aliphatic imine (C=N–C) groups is 1. The highest BCUT2D eigenvalue weighted by atomic mass is 127. The van der Waals surface area contributed by atoms with Crippen LogP contribution in [0.15, 0.2) is 29.3 Å². The molecule has 2 rings (SSSR count). The summed E-state index contributed by atoms with van der Waals surface area (Å²) in [5.41, 5.74) is 1.14. The van der Waals surface area contributed by atoms with E-state index in [2.05, 4.69) is 21.3 Å². The molecule has 148 valence electrons. The summed E-state index contributed by atoms with van der Waals surface area (Å²) in [7, 11) is 5.53. The summed E-state index contributed by atoms with van der Waals surface area (Å²) in [6, 6.07) is 8.06. The van der Waals surface area contributed by atoms with Crippen molar-refractivity contribution in [2.45, 2.75) is 31.9 Å². The van der Waals surface area contributed by atoms with E-state index in [0.717, 1.165) is 69.4 Å². The second-order valence-electron chi connectivity index (χ2n) is 6.18. The van der Waals surface area contributed by atoms with Gasteiger partial charge in [0.1, 0.15) is 5.75 Å². The second-order valence-corrected chi connectivity index (χ2v) is 6.18. The molecule has 0 amide bonds. The highest BCUT2D eigenvalue weighted by Gasteiger charge is 2.14. The van der Waals surface area contributed by atoms with Crippen molar-refractivity contribution in [2.24, 2.45) is 4.99 Å². The summed E-state index contributed by atoms with van der Waals surface area (Å²) >= 11 is 0. The molecule has 1 aliphatic heterocycles. The van der Waals surface area contributed by atoms with E-state index in [-0.39, 0.29) is 24.0 Å². The van der Waals surface area contributed by atoms with Crippen LogP contribution in [0.3, 0.4) is 0 Å². The molecule has 1 saturated heterocycles. The first-order valence-corrected chi connectivity index (χ1v) is 8.97. The molecule has 26 heavy (non-hydrogen) atoms. The molecule has 1 aromatic carbocycles. The van der Waals surface area contributed by atoms with E-state index in [4.69, 9.17) is 14.2 Å². The summed E-state index contributed by atoms with van der Waals surface area (Å²) in [6.07, 6.45) is 3.34. The van der Waals surface area contributed by atoms with Gasteiger partial charge in [-0.05, 0) is 25.3 Å². The number of hydrogen-bond acceptors (Lipinski definition) is 4. The van der Waals surface area contributed by atoms with Crippen molar-refractivity contribution < 1.29 is 14.2 Å². The lowest BCUT2D eigenvalue weighted by Crippen LogP contribution is -2.39. The number of methoxy groups -OCH3 is 1. The molecule has 0 spiro atoms. The van der Waals surface area contributed by atoms with Crippen LogP contribution in [0.1, 0.15) is 24.8 Å². The van der Waals surface area contributed by atoms with Gasteiger partial charge >= 0.3 is 0 Å². The number of rotatable bonds is 8. The van der Waals surface area contributed by atoms with E-state index < -0.39 is 0 Å². The minimum atomic E-state index is 0. The zero-order chi connectivity index (χ0) is 17.9. The van der Waals surface area contributed by atoms with Gasteiger partial charge in [0, 0.05) is 52.6 Å². The summed E-state index contributed by atoms with van der Waals surface area (Å²) in [4.78, 5) is 6.45. The van der Waals surface area contributed by atoms with Crippen LogP contribution >= 0.6 is 24.0 Å². The highest BCUT2D eigenvalue weighted by molar-refractivity contribution is 14.0. The Bertz CT molecular complexity index is 537. The number of nitrogens with one attached hydrogen (secondary N) is 1. The zero-order valence-corrected chi connectivity index (χ0v) is 18.4. The van der Waals surface area contributed by atoms with E-state index in [1.165, 1.54) is 0 Å². The van der Waals surface area contributed by atoms with E-state index in [1.54, 1.807) is 14.2 Å². The standard InChI is InChI=1S/C19H31N3O3.HI/c1-20-19(21-11-6-12-25-17-9-13-24-14-10-17)22(2)15-16-7-4-5-8-18(16)23-3;/h4-5,7-8,17H,6,9-15H2,1-3H3,(H,20,21);1H. The third-order valence-corrected chi connectivity index (χ3v) is 4.30. The molecule has 7 heteroatoms. The Labute approximate surface area is 174 Å². The van der Waals surface area contributed by atoms with Crippen LogP contribution < -0.4 is 10.1 Å². The lowest BCUT2D eigenvalue weighted by atomic mass is 10.1. The number of benzene rings is 1. The smallest absolute Gasteiger partial charge is 0.193 e. The van der Waals surface area contributed by atoms with Crippen LogP contribution in [0, 0.1) is 0 Å². The quantitative estimate of drug-likeness (QED) is 0.270. The molecular formula is C19H32IN3O3. The van der Waals surface area contributed by atoms with Crippen LogP contribution in [0.5, 0.6) is 5.75 Å². The number of guanidine groups is 1. The van der Waals surface area contributed by atoms with Gasteiger partial charge < -0.3 is 24.4 Å². The molecule has 1 aliphatic rings. The molecule has 1 aromatic rings. The molecule has 0 atom stereocenters. The number of halogens is 1. The van der Waals surface area contributed by atoms with E-state index in [0.29, 0.717) is 6.10 Å². The predicted octanol–water partition coefficient (Wildman–Crippen LogP) is 2.91. The molecule has 0 aliphatic carbocycles. The molecule has 0 radical (unpaired) electrons. The maximum absolute atomic E-state index is 5.89. The first kappa shape index (κ1) is 23.0. The molecule has 0 saturated carbocycles. The molecule has 1 fully saturated rings. The molecule has 6 nitrogen and oxygen atoms in total. The Morgan fingerprint density at radius 2 is 2.04 bits per heavy atom. The van der Waals surface area contributed by atoms with E-state index >= 15 is 0 Å². The first-order valence-electron chi connectivity index (χ1n) is 8.97. The molecular weight excluding hydrogens is 445 g/mol. The number of nitrogens with zero attached hydrogens (tertiary/aromatic N) is 2. The lowest BCUT2D eigenvalue weighted by molar-refractivity contribution is -0.0320. The topological polar surface area (TPSA) is 55.3 Å². The summed E-state index contributed by atoms with van der Waals surface area (Å²) in [6.45, 7) is 3.99. The third-order valence-electron chi connectivity index (χ3n) is 4.30. The van der Waals surface area contributed by atoms with Crippen LogP contribution in [0.4, 0.5) is 0 Å². The molecule has 0 unspecified atom stereocenters. The molecule has 1 N–H and O–H groups in total. The van der Waals surface area contributed by atoms with Crippen molar-refractivity contribution in [2.75, 3.05) is 47.6 Å². The summed E-state index contributed by atoms with van der Waals surface area (Å²) in [5, 5.41) is 3.40. The van der Waals surface area contributed by atoms with Gasteiger partial charge in [0.05, 0.1) is 13.2 Å². The molecule has 1 heterocycles. The molecule has 0 bridgehead atoms. The average Bonchev–Trinajstić information content (AvgIpc) is 2.66. The number of para-hydroxylation sites is 1. The van der Waals surface area contributed by atoms with Gasteiger partial charge in [0.15, 0.2) is 5.96 Å². The maximum Gasteiger partial charge on any atom is 0.193 e. The Hall–Kier alpha value is -1.06. The first-order chi connectivity index (χ1) is 12.2. The SMILES string of the molecule is CN=C(NCCCOC1CCOCC1)N(C)Cc1ccccc1OC.I. The van der Waals surface area contributed by atoms with Crippen LogP contribution in [-0.4, -0.2) is 64.5 Å². The van der Waals surface area contributed by atoms with E-state index in [1.807, 2.05) is 25.2 Å². The van der Waals surface area contributed by atoms with Crippen molar-refractivity contribution in [1.29, 1.82) is 0 Å². The van der Waals surface area contributed by atoms with Crippen LogP contribution in [0.2, 0.25) is 0 Å². The van der Waals surface area contributed by atoms with Crippen molar-refractivity contribution in [1.82, 2.24) is 10.2 Å². The highest BCUT2D eigenvalue weighted by Crippen LogP contribution is 2.18. The Kier molecular flexibility index (Phi) is 11.6. The third kappa shape index (κ3) is 7.67. The maximum atomic E-state index is 5.89. The van der Waals surface area contributed by atoms with Gasteiger partial charge in [0.25, 0.3) is 0 Å². The van der Waals surface area contributed by atoms with Gasteiger partial charge in [-0.2, -0.15) is 0 Å². The Morgan fingerprint density at radius 1 is 1.31 bits per heavy atom. The average molecular weight is 477 g/mol. The second kappa shape index (κ2) is 13.2. The van der Waals surface area contributed by atoms with Crippen LogP contribution in [0.25, 0.3) is 0 Å². The van der Waals surface area contributed by atoms with Crippen LogP contribution in [-0.2, 0) is 16.0 Å². The Balaban J connectivity index is 0.00000338. The van der Waals surface area contributed by atoms with Gasteiger partial charge in [0.2, 0.25) is 0 Å². The van der Waals surface area contributed by atoms with Crippen molar-refractivity contribution in [3.63, 3.8) is 0 Å². The van der Waals surface area contributed by atoms with Crippen molar-refractivity contribution in [3.05, 3.63) is 29.8 Å². The van der Waals surface area contributed by atoms with Crippen molar-refractivity contribution in [3.8, 4) is 5.75 Å². The van der Waals surface area contributed by atoms with Gasteiger partial charge in [-0.15, -0.1) is 24.0 Å². The fourth-order valence-electron chi connectivity index (χ4n) is 2.91. The van der Waals surface area contributed by atoms with Gasteiger partial charge in [-0.1, -0.05) is 18.2 Å². The largest absolute Gasteiger partial charge is 0.496 e. The minimum absolute atomic E-state index is 0. The monoisotopic (exact) mass is 477 g/mol. The van der Waals surface area contributed by atoms with Gasteiger partial charge in [-0.3, -0.25) is 4.99 Å². The van der Waals surface area contributed by atoms with Crippen molar-refractivity contribution >= 4 is 29.9 Å². The fourth-order valence-corrected chi connectivity index (χ4v) is 2.91. The number of ether oxygens (including phenoxy) is 3. The lowest BCUT2D eigenvalue weighted by Gasteiger charge is -2.24. The predicted molar refractivity (Wildman–Crippen MR) is 116 cm³/mol. The van der Waals surface area contributed by atoms with E-state index in [9.17, 15) is 0 Å². The zero-order valence-electron chi connectivity index (χ0n) is 16.1. The van der Waals surface area contributed by atoms with Gasteiger partial charge in [-0.25, -0.2) is 0 Å². The summed E-state index contributed by atoms with van der Waals surface area (Å²) in [5.74, 6) is 1.77. The normalized spacial score (nSPS) is 15.3. The summed E-state index contributed by atoms with van der Waals surface area (Å²) < 4.78 is 16.7. The minimum Gasteiger partial charge on any atom is -0.496 e. The molecule has 0 aromatic heterocycles. The number of hydrogen-bond donors (Lipinski definition) is 1. The Morgan fingerprint density at radius 3 is 2.73 bits per heavy atom. The fraction of sp³-hybridized carbons (Fsp3) is 0.632.